The lowest BCUT2D eigenvalue weighted by molar-refractivity contribution is 0.621. The Bertz CT molecular complexity index is 3220. The molecule has 0 fully saturated rings. The van der Waals surface area contributed by atoms with Crippen molar-refractivity contribution in [3.05, 3.63) is 170 Å². The Morgan fingerprint density at radius 2 is 1.00 bits per heavy atom. The molecule has 0 atom stereocenters. The maximum Gasteiger partial charge on any atom is 0.227 e. The van der Waals surface area contributed by atoms with Gasteiger partial charge in [-0.1, -0.05) is 127 Å². The lowest BCUT2D eigenvalue weighted by Crippen LogP contribution is -2.01. The maximum absolute atomic E-state index is 6.72. The largest absolute Gasteiger partial charge is 0.456 e. The van der Waals surface area contributed by atoms with Crippen molar-refractivity contribution in [2.24, 2.45) is 0 Å². The van der Waals surface area contributed by atoms with Crippen molar-refractivity contribution in [1.82, 2.24) is 19.9 Å². The molecule has 8 aromatic carbocycles. The summed E-state index contributed by atoms with van der Waals surface area (Å²) in [5.41, 5.74) is 8.41. The van der Waals surface area contributed by atoms with Crippen LogP contribution in [0.4, 0.5) is 0 Å². The van der Waals surface area contributed by atoms with Gasteiger partial charge in [0, 0.05) is 44.7 Å². The Hall–Kier alpha value is -7.44. The Morgan fingerprint density at radius 3 is 1.81 bits per heavy atom. The fourth-order valence-electron chi connectivity index (χ4n) is 7.56. The Kier molecular flexibility index (Phi) is 6.75. The molecule has 252 valence electrons. The van der Waals surface area contributed by atoms with E-state index >= 15 is 0 Å². The average Bonchev–Trinajstić information content (AvgIpc) is 3.84. The normalized spacial score (nSPS) is 11.7. The van der Waals surface area contributed by atoms with Gasteiger partial charge in [-0.25, -0.2) is 19.9 Å². The van der Waals surface area contributed by atoms with Crippen molar-refractivity contribution in [1.29, 1.82) is 0 Å². The number of hydrogen-bond donors (Lipinski definition) is 0. The molecule has 0 amide bonds. The summed E-state index contributed by atoms with van der Waals surface area (Å²) < 4.78 is 13.2. The Morgan fingerprint density at radius 1 is 0.370 bits per heavy atom. The summed E-state index contributed by atoms with van der Waals surface area (Å²) in [6.45, 7) is 0. The third-order valence-corrected chi connectivity index (χ3v) is 10.1. The van der Waals surface area contributed by atoms with Crippen molar-refractivity contribution in [2.75, 3.05) is 0 Å². The predicted octanol–water partition coefficient (Wildman–Crippen LogP) is 12.6. The number of oxazole rings is 1. The van der Waals surface area contributed by atoms with Crippen LogP contribution in [0.5, 0.6) is 0 Å². The summed E-state index contributed by atoms with van der Waals surface area (Å²) in [6.07, 6.45) is 0. The molecule has 0 aliphatic carbocycles. The van der Waals surface area contributed by atoms with E-state index in [1.54, 1.807) is 0 Å². The lowest BCUT2D eigenvalue weighted by Gasteiger charge is -2.13. The molecule has 11 rings (SSSR count). The van der Waals surface area contributed by atoms with E-state index in [1.807, 2.05) is 84.9 Å². The minimum absolute atomic E-state index is 0.551. The van der Waals surface area contributed by atoms with Crippen LogP contribution in [0.25, 0.3) is 111 Å². The van der Waals surface area contributed by atoms with Gasteiger partial charge in [0.05, 0.1) is 0 Å². The molecule has 0 N–H and O–H groups in total. The van der Waals surface area contributed by atoms with Crippen LogP contribution in [0, 0.1) is 0 Å². The summed E-state index contributed by atoms with van der Waals surface area (Å²) in [5, 5.41) is 6.32. The minimum Gasteiger partial charge on any atom is -0.456 e. The molecule has 0 saturated carbocycles. The molecule has 6 heteroatoms. The van der Waals surface area contributed by atoms with Crippen LogP contribution in [0.15, 0.2) is 179 Å². The van der Waals surface area contributed by atoms with Crippen molar-refractivity contribution < 1.29 is 8.83 Å². The molecule has 0 aliphatic heterocycles. The molecule has 3 heterocycles. The van der Waals surface area contributed by atoms with Gasteiger partial charge in [0.1, 0.15) is 16.7 Å². The van der Waals surface area contributed by atoms with Crippen LogP contribution in [-0.4, -0.2) is 19.9 Å². The first-order chi connectivity index (χ1) is 26.7. The molecule has 0 unspecified atom stereocenters. The molecule has 11 aromatic rings. The summed E-state index contributed by atoms with van der Waals surface area (Å²) >= 11 is 0. The first kappa shape index (κ1) is 30.2. The molecule has 0 spiro atoms. The van der Waals surface area contributed by atoms with Crippen LogP contribution in [0.2, 0.25) is 0 Å². The van der Waals surface area contributed by atoms with Gasteiger partial charge in [-0.2, -0.15) is 0 Å². The molecular weight excluding hydrogens is 665 g/mol. The molecule has 3 aromatic heterocycles. The van der Waals surface area contributed by atoms with Gasteiger partial charge >= 0.3 is 0 Å². The van der Waals surface area contributed by atoms with Crippen LogP contribution in [0.1, 0.15) is 0 Å². The second kappa shape index (κ2) is 12.1. The fraction of sp³-hybridized carbons (Fsp3) is 0. The monoisotopic (exact) mass is 692 g/mol. The fourth-order valence-corrected chi connectivity index (χ4v) is 7.56. The first-order valence-corrected chi connectivity index (χ1v) is 17.9. The van der Waals surface area contributed by atoms with Crippen molar-refractivity contribution in [2.45, 2.75) is 0 Å². The zero-order valence-electron chi connectivity index (χ0n) is 28.8. The number of para-hydroxylation sites is 1. The molecule has 0 aliphatic rings. The maximum atomic E-state index is 6.72. The third-order valence-electron chi connectivity index (χ3n) is 10.1. The van der Waals surface area contributed by atoms with Gasteiger partial charge in [0.2, 0.25) is 5.89 Å². The second-order valence-corrected chi connectivity index (χ2v) is 13.4. The third kappa shape index (κ3) is 4.96. The molecule has 54 heavy (non-hydrogen) atoms. The highest BCUT2D eigenvalue weighted by molar-refractivity contribution is 6.20. The highest BCUT2D eigenvalue weighted by atomic mass is 16.4. The van der Waals surface area contributed by atoms with Gasteiger partial charge in [0.15, 0.2) is 23.1 Å². The zero-order valence-corrected chi connectivity index (χ0v) is 28.8. The number of aromatic nitrogens is 4. The highest BCUT2D eigenvalue weighted by Crippen LogP contribution is 2.45. The van der Waals surface area contributed by atoms with Crippen LogP contribution < -0.4 is 0 Å². The van der Waals surface area contributed by atoms with E-state index < -0.39 is 0 Å². The number of nitrogens with zero attached hydrogens (tertiary/aromatic N) is 4. The zero-order chi connectivity index (χ0) is 35.6. The van der Waals surface area contributed by atoms with E-state index in [0.717, 1.165) is 82.4 Å². The van der Waals surface area contributed by atoms with Crippen LogP contribution in [0.3, 0.4) is 0 Å². The lowest BCUT2D eigenvalue weighted by atomic mass is 9.93. The second-order valence-electron chi connectivity index (χ2n) is 13.4. The smallest absolute Gasteiger partial charge is 0.227 e. The Labute approximate surface area is 309 Å². The molecule has 0 bridgehead atoms. The van der Waals surface area contributed by atoms with E-state index in [4.69, 9.17) is 28.8 Å². The predicted molar refractivity (Wildman–Crippen MR) is 217 cm³/mol. The SMILES string of the molecule is c1ccc(-c2nc(-c3ccc4ccccc4c3)nc(-c3cc(-c4c5oc(-c6ccccc6)nc5cc5oc6ccccc6c45)cc4ccccc34)n2)cc1. The molecule has 6 nitrogen and oxygen atoms in total. The van der Waals surface area contributed by atoms with Gasteiger partial charge < -0.3 is 8.83 Å². The number of hydrogen-bond acceptors (Lipinski definition) is 6. The quantitative estimate of drug-likeness (QED) is 0.179. The molecule has 0 radical (unpaired) electrons. The summed E-state index contributed by atoms with van der Waals surface area (Å²) in [6, 6.07) is 57.6. The van der Waals surface area contributed by atoms with Gasteiger partial charge in [-0.05, 0) is 63.5 Å². The van der Waals surface area contributed by atoms with Gasteiger partial charge in [-0.15, -0.1) is 0 Å². The number of benzene rings is 8. The van der Waals surface area contributed by atoms with E-state index in [2.05, 4.69) is 84.9 Å². The van der Waals surface area contributed by atoms with E-state index in [9.17, 15) is 0 Å². The van der Waals surface area contributed by atoms with E-state index in [-0.39, 0.29) is 0 Å². The van der Waals surface area contributed by atoms with Crippen molar-refractivity contribution >= 4 is 54.6 Å². The average molecular weight is 693 g/mol. The topological polar surface area (TPSA) is 77.8 Å². The van der Waals surface area contributed by atoms with E-state index in [1.165, 1.54) is 0 Å². The Balaban J connectivity index is 1.21. The van der Waals surface area contributed by atoms with Crippen LogP contribution >= 0.6 is 0 Å². The van der Waals surface area contributed by atoms with Crippen molar-refractivity contribution in [3.8, 4) is 56.7 Å². The van der Waals surface area contributed by atoms with Gasteiger partial charge in [0.25, 0.3) is 0 Å². The highest BCUT2D eigenvalue weighted by Gasteiger charge is 2.23. The summed E-state index contributed by atoms with van der Waals surface area (Å²) in [4.78, 5) is 20.4. The van der Waals surface area contributed by atoms with Crippen LogP contribution in [-0.2, 0) is 0 Å². The molecular formula is C48H28N4O2. The summed E-state index contributed by atoms with van der Waals surface area (Å²) in [7, 11) is 0. The van der Waals surface area contributed by atoms with Gasteiger partial charge in [-0.3, -0.25) is 0 Å². The number of rotatable bonds is 5. The number of fused-ring (bicyclic) bond motifs is 6. The minimum atomic E-state index is 0.551. The molecule has 0 saturated heterocycles. The number of furan rings is 1. The standard InChI is InChI=1S/C48H28N4O2/c1-3-14-30(15-4-1)45-50-46(34-24-23-29-13-7-8-18-32(29)25-34)52-47(51-45)38-27-35(26-33-19-9-10-20-36(33)38)42-43-37-21-11-12-22-40(37)53-41(43)28-39-44(42)54-48(49-39)31-16-5-2-6-17-31/h1-28H. The van der Waals surface area contributed by atoms with Crippen molar-refractivity contribution in [3.63, 3.8) is 0 Å². The summed E-state index contributed by atoms with van der Waals surface area (Å²) in [5.74, 6) is 2.33. The van der Waals surface area contributed by atoms with E-state index in [0.29, 0.717) is 28.9 Å². The first-order valence-electron chi connectivity index (χ1n) is 17.9.